The van der Waals surface area contributed by atoms with Crippen molar-refractivity contribution >= 4 is 21.8 Å². The predicted octanol–water partition coefficient (Wildman–Crippen LogP) is 3.16. The highest BCUT2D eigenvalue weighted by Gasteiger charge is 2.32. The molecule has 3 rings (SSSR count). The van der Waals surface area contributed by atoms with E-state index in [1.54, 1.807) is 18.2 Å². The molecule has 2 heterocycles. The third-order valence-electron chi connectivity index (χ3n) is 4.04. The molecule has 0 spiro atoms. The number of aromatic nitrogens is 1. The second-order valence-electron chi connectivity index (χ2n) is 5.62. The maximum atomic E-state index is 12.9. The van der Waals surface area contributed by atoms with Crippen molar-refractivity contribution in [3.63, 3.8) is 0 Å². The molecule has 1 aromatic heterocycles. The Morgan fingerprint density at radius 1 is 1.22 bits per heavy atom. The Labute approximate surface area is 141 Å². The van der Waals surface area contributed by atoms with Gasteiger partial charge in [0.15, 0.2) is 5.76 Å². The van der Waals surface area contributed by atoms with Gasteiger partial charge in [-0.05, 0) is 25.8 Å². The number of nitrogens with zero attached hydrogens (tertiary/aromatic N) is 2. The minimum atomic E-state index is -3.55. The summed E-state index contributed by atoms with van der Waals surface area (Å²) >= 11 is 1.82. The van der Waals surface area contributed by atoms with E-state index in [4.69, 9.17) is 4.52 Å². The lowest BCUT2D eigenvalue weighted by molar-refractivity contribution is 0.388. The number of benzene rings is 1. The lowest BCUT2D eigenvalue weighted by atomic mass is 10.1. The topological polar surface area (TPSA) is 63.4 Å². The molecule has 0 N–H and O–H groups in total. The van der Waals surface area contributed by atoms with Crippen LogP contribution < -0.4 is 0 Å². The lowest BCUT2D eigenvalue weighted by Gasteiger charge is -2.19. The van der Waals surface area contributed by atoms with Crippen molar-refractivity contribution in [1.82, 2.24) is 9.46 Å². The standard InChI is InChI=1S/C16H20N2O3S2/c1-12-16(13(2)21-17-12)23(19,20)18-9-8-15(22-11-10-18)14-6-4-3-5-7-14/h3-7,15H,8-11H2,1-2H3. The van der Waals surface area contributed by atoms with Gasteiger partial charge in [-0.25, -0.2) is 8.42 Å². The van der Waals surface area contributed by atoms with Crippen LogP contribution in [0.1, 0.15) is 28.7 Å². The molecular weight excluding hydrogens is 332 g/mol. The second kappa shape index (κ2) is 6.67. The van der Waals surface area contributed by atoms with Gasteiger partial charge in [-0.1, -0.05) is 35.5 Å². The van der Waals surface area contributed by atoms with Crippen molar-refractivity contribution in [2.45, 2.75) is 30.4 Å². The fourth-order valence-electron chi connectivity index (χ4n) is 2.90. The van der Waals surface area contributed by atoms with Gasteiger partial charge in [0.2, 0.25) is 10.0 Å². The molecule has 1 fully saturated rings. The number of rotatable bonds is 3. The fourth-order valence-corrected chi connectivity index (χ4v) is 5.99. The SMILES string of the molecule is Cc1noc(C)c1S(=O)(=O)N1CCSC(c2ccccc2)CC1. The van der Waals surface area contributed by atoms with Gasteiger partial charge in [0.1, 0.15) is 10.6 Å². The van der Waals surface area contributed by atoms with Gasteiger partial charge in [0.25, 0.3) is 0 Å². The van der Waals surface area contributed by atoms with Gasteiger partial charge >= 0.3 is 0 Å². The van der Waals surface area contributed by atoms with Crippen LogP contribution in [0.2, 0.25) is 0 Å². The first-order valence-electron chi connectivity index (χ1n) is 7.59. The van der Waals surface area contributed by atoms with Gasteiger partial charge in [-0.2, -0.15) is 16.1 Å². The molecule has 1 aliphatic heterocycles. The molecule has 0 bridgehead atoms. The van der Waals surface area contributed by atoms with E-state index in [1.807, 2.05) is 30.0 Å². The van der Waals surface area contributed by atoms with E-state index < -0.39 is 10.0 Å². The normalized spacial score (nSPS) is 20.3. The zero-order valence-corrected chi connectivity index (χ0v) is 14.9. The first kappa shape index (κ1) is 16.5. The van der Waals surface area contributed by atoms with Crippen LogP contribution in [-0.2, 0) is 10.0 Å². The summed E-state index contributed by atoms with van der Waals surface area (Å²) < 4.78 is 32.4. The fraction of sp³-hybridized carbons (Fsp3) is 0.438. The van der Waals surface area contributed by atoms with E-state index in [0.717, 1.165) is 12.2 Å². The van der Waals surface area contributed by atoms with E-state index in [-0.39, 0.29) is 4.90 Å². The third-order valence-corrected chi connectivity index (χ3v) is 7.51. The van der Waals surface area contributed by atoms with Crippen molar-refractivity contribution in [3.8, 4) is 0 Å². The average Bonchev–Trinajstić information content (AvgIpc) is 2.76. The van der Waals surface area contributed by atoms with Crippen molar-refractivity contribution in [2.75, 3.05) is 18.8 Å². The minimum absolute atomic E-state index is 0.223. The third kappa shape index (κ3) is 3.32. The largest absolute Gasteiger partial charge is 0.360 e. The lowest BCUT2D eigenvalue weighted by Crippen LogP contribution is -2.33. The summed E-state index contributed by atoms with van der Waals surface area (Å²) in [5.74, 6) is 1.14. The number of aryl methyl sites for hydroxylation is 2. The van der Waals surface area contributed by atoms with E-state index in [2.05, 4.69) is 17.3 Å². The van der Waals surface area contributed by atoms with E-state index in [1.165, 1.54) is 5.56 Å². The molecule has 124 valence electrons. The Kier molecular flexibility index (Phi) is 4.79. The molecule has 0 amide bonds. The summed E-state index contributed by atoms with van der Waals surface area (Å²) in [6.45, 7) is 4.34. The van der Waals surface area contributed by atoms with Crippen LogP contribution in [0, 0.1) is 13.8 Å². The summed E-state index contributed by atoms with van der Waals surface area (Å²) in [5, 5.41) is 4.11. The van der Waals surface area contributed by atoms with Crippen LogP contribution in [-0.4, -0.2) is 36.7 Å². The summed E-state index contributed by atoms with van der Waals surface area (Å²) in [5.41, 5.74) is 1.69. The summed E-state index contributed by atoms with van der Waals surface area (Å²) in [4.78, 5) is 0.223. The smallest absolute Gasteiger partial charge is 0.248 e. The van der Waals surface area contributed by atoms with Crippen LogP contribution in [0.5, 0.6) is 0 Å². The number of thioether (sulfide) groups is 1. The monoisotopic (exact) mass is 352 g/mol. The molecule has 1 aromatic carbocycles. The average molecular weight is 352 g/mol. The zero-order chi connectivity index (χ0) is 16.4. The molecule has 1 unspecified atom stereocenters. The van der Waals surface area contributed by atoms with Crippen molar-refractivity contribution < 1.29 is 12.9 Å². The molecule has 7 heteroatoms. The van der Waals surface area contributed by atoms with Gasteiger partial charge in [0.05, 0.1) is 0 Å². The first-order valence-corrected chi connectivity index (χ1v) is 10.1. The van der Waals surface area contributed by atoms with E-state index >= 15 is 0 Å². The van der Waals surface area contributed by atoms with Gasteiger partial charge in [-0.15, -0.1) is 0 Å². The second-order valence-corrected chi connectivity index (χ2v) is 8.80. The Morgan fingerprint density at radius 2 is 1.96 bits per heavy atom. The maximum absolute atomic E-state index is 12.9. The number of hydrogen-bond acceptors (Lipinski definition) is 5. The van der Waals surface area contributed by atoms with E-state index in [9.17, 15) is 8.42 Å². The molecule has 23 heavy (non-hydrogen) atoms. The Morgan fingerprint density at radius 3 is 2.61 bits per heavy atom. The number of hydrogen-bond donors (Lipinski definition) is 0. The quantitative estimate of drug-likeness (QED) is 0.849. The predicted molar refractivity (Wildman–Crippen MR) is 91.0 cm³/mol. The Hall–Kier alpha value is -1.31. The first-order chi connectivity index (χ1) is 11.0. The molecule has 1 saturated heterocycles. The van der Waals surface area contributed by atoms with Crippen molar-refractivity contribution in [2.24, 2.45) is 0 Å². The Balaban J connectivity index is 1.80. The van der Waals surface area contributed by atoms with Crippen molar-refractivity contribution in [1.29, 1.82) is 0 Å². The van der Waals surface area contributed by atoms with Crippen LogP contribution in [0.25, 0.3) is 0 Å². The van der Waals surface area contributed by atoms with Crippen LogP contribution in [0.3, 0.4) is 0 Å². The zero-order valence-electron chi connectivity index (χ0n) is 13.2. The minimum Gasteiger partial charge on any atom is -0.360 e. The molecule has 1 atom stereocenters. The number of sulfonamides is 1. The Bertz CT molecular complexity index is 752. The van der Waals surface area contributed by atoms with E-state index in [0.29, 0.717) is 29.8 Å². The molecule has 2 aromatic rings. The van der Waals surface area contributed by atoms with Crippen molar-refractivity contribution in [3.05, 3.63) is 47.3 Å². The molecule has 1 aliphatic rings. The summed E-state index contributed by atoms with van der Waals surface area (Å²) in [6, 6.07) is 10.3. The van der Waals surface area contributed by atoms with Gasteiger partial charge in [0, 0.05) is 24.1 Å². The van der Waals surface area contributed by atoms with Crippen LogP contribution in [0.15, 0.2) is 39.8 Å². The summed E-state index contributed by atoms with van der Waals surface area (Å²) in [7, 11) is -3.55. The molecule has 0 aliphatic carbocycles. The highest BCUT2D eigenvalue weighted by molar-refractivity contribution is 7.99. The van der Waals surface area contributed by atoms with Gasteiger partial charge < -0.3 is 4.52 Å². The van der Waals surface area contributed by atoms with Crippen LogP contribution in [0.4, 0.5) is 0 Å². The molecule has 0 saturated carbocycles. The van der Waals surface area contributed by atoms with Crippen LogP contribution >= 0.6 is 11.8 Å². The maximum Gasteiger partial charge on any atom is 0.248 e. The summed E-state index contributed by atoms with van der Waals surface area (Å²) in [6.07, 6.45) is 0.803. The highest BCUT2D eigenvalue weighted by Crippen LogP contribution is 2.36. The van der Waals surface area contributed by atoms with Gasteiger partial charge in [-0.3, -0.25) is 0 Å². The molecule has 5 nitrogen and oxygen atoms in total. The highest BCUT2D eigenvalue weighted by atomic mass is 32.2. The molecular formula is C16H20N2O3S2. The molecule has 0 radical (unpaired) electrons.